The van der Waals surface area contributed by atoms with Crippen LogP contribution in [0.1, 0.15) is 16.1 Å². The maximum absolute atomic E-state index is 10.9. The number of nitrogens with one attached hydrogen (secondary N) is 1. The van der Waals surface area contributed by atoms with E-state index in [0.717, 1.165) is 6.42 Å². The first-order chi connectivity index (χ1) is 10.2. The third-order valence-corrected chi connectivity index (χ3v) is 3.12. The van der Waals surface area contributed by atoms with Crippen molar-refractivity contribution >= 4 is 11.8 Å². The highest BCUT2D eigenvalue weighted by Crippen LogP contribution is 2.09. The number of hydrogen-bond acceptors (Lipinski definition) is 4. The zero-order chi connectivity index (χ0) is 15.1. The summed E-state index contributed by atoms with van der Waals surface area (Å²) in [5.74, 6) is -0.503. The molecule has 21 heavy (non-hydrogen) atoms. The molecule has 0 aliphatic carbocycles. The van der Waals surface area contributed by atoms with Crippen LogP contribution in [-0.2, 0) is 11.2 Å². The van der Waals surface area contributed by atoms with Crippen molar-refractivity contribution in [3.05, 3.63) is 59.8 Å². The van der Waals surface area contributed by atoms with Crippen molar-refractivity contribution in [1.82, 2.24) is 4.98 Å². The summed E-state index contributed by atoms with van der Waals surface area (Å²) < 4.78 is 5.45. The van der Waals surface area contributed by atoms with E-state index in [1.54, 1.807) is 19.2 Å². The van der Waals surface area contributed by atoms with Gasteiger partial charge in [-0.3, -0.25) is 0 Å². The Hall–Kier alpha value is -2.40. The van der Waals surface area contributed by atoms with Gasteiger partial charge in [-0.2, -0.15) is 0 Å². The van der Waals surface area contributed by atoms with Gasteiger partial charge < -0.3 is 15.2 Å². The van der Waals surface area contributed by atoms with Crippen LogP contribution in [0.15, 0.2) is 48.5 Å². The van der Waals surface area contributed by atoms with Gasteiger partial charge in [0.2, 0.25) is 0 Å². The Balaban J connectivity index is 1.94. The van der Waals surface area contributed by atoms with E-state index >= 15 is 0 Å². The van der Waals surface area contributed by atoms with Gasteiger partial charge in [0.15, 0.2) is 5.69 Å². The number of carboxylic acid groups (broad SMARTS) is 1. The number of pyridine rings is 1. The lowest BCUT2D eigenvalue weighted by molar-refractivity contribution is 0.0690. The summed E-state index contributed by atoms with van der Waals surface area (Å²) in [5.41, 5.74) is 1.22. The molecule has 0 saturated carbocycles. The molecule has 2 rings (SSSR count). The number of carbonyl (C=O) groups is 1. The fraction of sp³-hybridized carbons (Fsp3) is 0.250. The summed E-state index contributed by atoms with van der Waals surface area (Å²) >= 11 is 0. The second-order valence-corrected chi connectivity index (χ2v) is 4.64. The molecule has 5 nitrogen and oxygen atoms in total. The largest absolute Gasteiger partial charge is 0.477 e. The van der Waals surface area contributed by atoms with E-state index in [2.05, 4.69) is 22.4 Å². The molecule has 0 bridgehead atoms. The summed E-state index contributed by atoms with van der Waals surface area (Å²) in [4.78, 5) is 14.9. The van der Waals surface area contributed by atoms with Gasteiger partial charge in [-0.25, -0.2) is 9.78 Å². The molecule has 0 aliphatic rings. The van der Waals surface area contributed by atoms with Crippen LogP contribution >= 0.6 is 0 Å². The van der Waals surface area contributed by atoms with E-state index in [9.17, 15) is 4.79 Å². The molecule has 5 heteroatoms. The molecule has 1 aromatic carbocycles. The van der Waals surface area contributed by atoms with Crippen LogP contribution in [0.3, 0.4) is 0 Å². The molecule has 1 atom stereocenters. The second kappa shape index (κ2) is 7.40. The van der Waals surface area contributed by atoms with Gasteiger partial charge in [-0.1, -0.05) is 36.4 Å². The Morgan fingerprint density at radius 3 is 2.67 bits per heavy atom. The highest BCUT2D eigenvalue weighted by molar-refractivity contribution is 5.85. The van der Waals surface area contributed by atoms with Crippen LogP contribution < -0.4 is 5.32 Å². The van der Waals surface area contributed by atoms with Crippen LogP contribution in [0.4, 0.5) is 5.82 Å². The quantitative estimate of drug-likeness (QED) is 0.818. The Kier molecular flexibility index (Phi) is 5.29. The number of carboxylic acids is 1. The number of ether oxygens (including phenoxy) is 1. The average molecular weight is 286 g/mol. The van der Waals surface area contributed by atoms with Crippen molar-refractivity contribution in [3.8, 4) is 0 Å². The molecule has 0 aliphatic heterocycles. The van der Waals surface area contributed by atoms with Gasteiger partial charge >= 0.3 is 5.97 Å². The van der Waals surface area contributed by atoms with E-state index in [1.165, 1.54) is 11.6 Å². The Labute approximate surface area is 123 Å². The highest BCUT2D eigenvalue weighted by Gasteiger charge is 2.10. The molecule has 110 valence electrons. The number of benzene rings is 1. The number of nitrogens with zero attached hydrogens (tertiary/aromatic N) is 1. The minimum absolute atomic E-state index is 0.0114. The van der Waals surface area contributed by atoms with Crippen molar-refractivity contribution in [2.75, 3.05) is 19.0 Å². The van der Waals surface area contributed by atoms with Gasteiger partial charge in [-0.05, 0) is 17.7 Å². The first-order valence-corrected chi connectivity index (χ1v) is 6.70. The van der Waals surface area contributed by atoms with Crippen LogP contribution in [0.25, 0.3) is 0 Å². The van der Waals surface area contributed by atoms with E-state index in [4.69, 9.17) is 9.84 Å². The predicted octanol–water partition coefficient (Wildman–Crippen LogP) is 2.45. The molecule has 0 amide bonds. The fourth-order valence-electron chi connectivity index (χ4n) is 1.99. The second-order valence-electron chi connectivity index (χ2n) is 4.64. The lowest BCUT2D eigenvalue weighted by Crippen LogP contribution is -2.24. The minimum Gasteiger partial charge on any atom is -0.477 e. The number of rotatable bonds is 7. The summed E-state index contributed by atoms with van der Waals surface area (Å²) in [6.07, 6.45) is 0.769. The van der Waals surface area contributed by atoms with Crippen molar-refractivity contribution < 1.29 is 14.6 Å². The number of aromatic nitrogens is 1. The van der Waals surface area contributed by atoms with Gasteiger partial charge in [0.05, 0.1) is 6.10 Å². The number of aromatic carboxylic acids is 1. The maximum atomic E-state index is 10.9. The molecule has 0 radical (unpaired) electrons. The molecule has 2 aromatic rings. The Morgan fingerprint density at radius 1 is 1.24 bits per heavy atom. The molecule has 1 unspecified atom stereocenters. The molecule has 1 aromatic heterocycles. The third kappa shape index (κ3) is 4.57. The molecule has 0 fully saturated rings. The van der Waals surface area contributed by atoms with Crippen molar-refractivity contribution in [3.63, 3.8) is 0 Å². The monoisotopic (exact) mass is 286 g/mol. The van der Waals surface area contributed by atoms with Crippen LogP contribution in [0.5, 0.6) is 0 Å². The lowest BCUT2D eigenvalue weighted by Gasteiger charge is -2.16. The molecular formula is C16H18N2O3. The first kappa shape index (κ1) is 15.0. The SMILES string of the molecule is COC(CNc1cccc(C(=O)O)n1)Cc1ccccc1. The predicted molar refractivity (Wildman–Crippen MR) is 80.6 cm³/mol. The molecule has 0 spiro atoms. The zero-order valence-corrected chi connectivity index (χ0v) is 11.8. The van der Waals surface area contributed by atoms with Crippen LogP contribution in [0, 0.1) is 0 Å². The smallest absolute Gasteiger partial charge is 0.354 e. The normalized spacial score (nSPS) is 11.9. The van der Waals surface area contributed by atoms with E-state index in [-0.39, 0.29) is 11.8 Å². The van der Waals surface area contributed by atoms with Crippen molar-refractivity contribution in [2.45, 2.75) is 12.5 Å². The lowest BCUT2D eigenvalue weighted by atomic mass is 10.1. The highest BCUT2D eigenvalue weighted by atomic mass is 16.5. The molecule has 2 N–H and O–H groups in total. The Morgan fingerprint density at radius 2 is 2.00 bits per heavy atom. The topological polar surface area (TPSA) is 71.5 Å². The zero-order valence-electron chi connectivity index (χ0n) is 11.8. The van der Waals surface area contributed by atoms with Gasteiger partial charge in [0, 0.05) is 20.1 Å². The van der Waals surface area contributed by atoms with Crippen LogP contribution in [-0.4, -0.2) is 35.8 Å². The van der Waals surface area contributed by atoms with Crippen molar-refractivity contribution in [1.29, 1.82) is 0 Å². The summed E-state index contributed by atoms with van der Waals surface area (Å²) in [6.45, 7) is 0.557. The maximum Gasteiger partial charge on any atom is 0.354 e. The average Bonchev–Trinajstić information content (AvgIpc) is 2.52. The third-order valence-electron chi connectivity index (χ3n) is 3.12. The van der Waals surface area contributed by atoms with Crippen LogP contribution in [0.2, 0.25) is 0 Å². The summed E-state index contributed by atoms with van der Waals surface area (Å²) in [6, 6.07) is 14.9. The van der Waals surface area contributed by atoms with E-state index in [0.29, 0.717) is 12.4 Å². The number of hydrogen-bond donors (Lipinski definition) is 2. The number of methoxy groups -OCH3 is 1. The summed E-state index contributed by atoms with van der Waals surface area (Å²) in [5, 5.41) is 12.0. The van der Waals surface area contributed by atoms with Crippen molar-refractivity contribution in [2.24, 2.45) is 0 Å². The summed E-state index contributed by atoms with van der Waals surface area (Å²) in [7, 11) is 1.66. The molecule has 1 heterocycles. The fourth-order valence-corrected chi connectivity index (χ4v) is 1.99. The Bertz CT molecular complexity index is 587. The minimum atomic E-state index is -1.04. The molecular weight excluding hydrogens is 268 g/mol. The molecule has 0 saturated heterocycles. The first-order valence-electron chi connectivity index (χ1n) is 6.70. The van der Waals surface area contributed by atoms with Gasteiger partial charge in [-0.15, -0.1) is 0 Å². The van der Waals surface area contributed by atoms with E-state index in [1.807, 2.05) is 18.2 Å². The van der Waals surface area contributed by atoms with Gasteiger partial charge in [0.1, 0.15) is 5.82 Å². The van der Waals surface area contributed by atoms with Gasteiger partial charge in [0.25, 0.3) is 0 Å². The van der Waals surface area contributed by atoms with E-state index < -0.39 is 5.97 Å². The number of anilines is 1. The standard InChI is InChI=1S/C16H18N2O3/c1-21-13(10-12-6-3-2-4-7-12)11-17-15-9-5-8-14(18-15)16(19)20/h2-9,13H,10-11H2,1H3,(H,17,18)(H,19,20).